The topological polar surface area (TPSA) is 97.4 Å². The molecule has 0 aliphatic carbocycles. The number of nitrogens with one attached hydrogen (secondary N) is 2. The summed E-state index contributed by atoms with van der Waals surface area (Å²) in [6.45, 7) is 3.72. The third-order valence-corrected chi connectivity index (χ3v) is 5.72. The van der Waals surface area contributed by atoms with Crippen LogP contribution in [0.15, 0.2) is 77.8 Å². The maximum atomic E-state index is 12.4. The van der Waals surface area contributed by atoms with Gasteiger partial charge >= 0.3 is 0 Å². The first-order valence-electron chi connectivity index (χ1n) is 9.48. The molecule has 0 saturated heterocycles. The van der Waals surface area contributed by atoms with Crippen molar-refractivity contribution in [1.29, 1.82) is 0 Å². The Balaban J connectivity index is 1.60. The smallest absolute Gasteiger partial charge is 0.265 e. The minimum atomic E-state index is -3.77. The van der Waals surface area contributed by atoms with Gasteiger partial charge in [-0.2, -0.15) is 0 Å². The van der Waals surface area contributed by atoms with Gasteiger partial charge < -0.3 is 10.1 Å². The number of rotatable bonds is 8. The summed E-state index contributed by atoms with van der Waals surface area (Å²) in [6.07, 6.45) is 1.71. The van der Waals surface area contributed by atoms with Crippen LogP contribution in [0.1, 0.15) is 19.4 Å². The van der Waals surface area contributed by atoms with Crippen molar-refractivity contribution in [3.05, 3.63) is 78.5 Å². The van der Waals surface area contributed by atoms with Gasteiger partial charge in [0.1, 0.15) is 11.6 Å². The number of carbonyl (C=O) groups is 1. The van der Waals surface area contributed by atoms with Crippen LogP contribution in [0, 0.1) is 0 Å². The Bertz CT molecular complexity index is 1080. The summed E-state index contributed by atoms with van der Waals surface area (Å²) in [5.41, 5.74) is 1.65. The van der Waals surface area contributed by atoms with Crippen molar-refractivity contribution < 1.29 is 17.9 Å². The zero-order valence-corrected chi connectivity index (χ0v) is 17.5. The molecular weight excluding hydrogens is 402 g/mol. The minimum absolute atomic E-state index is 0.0615. The second-order valence-corrected chi connectivity index (χ2v) is 8.27. The highest BCUT2D eigenvalue weighted by Gasteiger charge is 2.17. The molecule has 2 aromatic carbocycles. The Morgan fingerprint density at radius 1 is 1.03 bits per heavy atom. The van der Waals surface area contributed by atoms with Crippen LogP contribution in [0.3, 0.4) is 0 Å². The molecule has 3 aromatic rings. The number of amides is 1. The van der Waals surface area contributed by atoms with E-state index in [1.165, 1.54) is 36.0 Å². The molecule has 0 aliphatic rings. The number of nitrogens with zero attached hydrogens (tertiary/aromatic N) is 1. The van der Waals surface area contributed by atoms with Crippen LogP contribution < -0.4 is 14.8 Å². The zero-order chi connectivity index (χ0) is 21.6. The number of anilines is 2. The molecule has 30 heavy (non-hydrogen) atoms. The maximum absolute atomic E-state index is 12.4. The number of ether oxygens (including phenoxy) is 1. The highest BCUT2D eigenvalue weighted by molar-refractivity contribution is 7.92. The Morgan fingerprint density at radius 3 is 2.33 bits per heavy atom. The first-order chi connectivity index (χ1) is 14.4. The summed E-state index contributed by atoms with van der Waals surface area (Å²) < 4.78 is 32.9. The molecule has 1 heterocycles. The van der Waals surface area contributed by atoms with Crippen molar-refractivity contribution in [2.24, 2.45) is 0 Å². The van der Waals surface area contributed by atoms with Gasteiger partial charge in [0.2, 0.25) is 0 Å². The number of aryl methyl sites for hydroxylation is 1. The molecule has 3 rings (SSSR count). The first kappa shape index (κ1) is 21.3. The fourth-order valence-corrected chi connectivity index (χ4v) is 3.65. The summed E-state index contributed by atoms with van der Waals surface area (Å²) in [5.74, 6) is 0.501. The highest BCUT2D eigenvalue weighted by atomic mass is 32.2. The van der Waals surface area contributed by atoms with Crippen LogP contribution in [0.25, 0.3) is 0 Å². The van der Waals surface area contributed by atoms with Crippen molar-refractivity contribution in [2.45, 2.75) is 31.3 Å². The lowest BCUT2D eigenvalue weighted by Crippen LogP contribution is -2.30. The molecular formula is C22H23N3O4S. The predicted molar refractivity (Wildman–Crippen MR) is 116 cm³/mol. The van der Waals surface area contributed by atoms with E-state index in [1.54, 1.807) is 25.1 Å². The van der Waals surface area contributed by atoms with Crippen LogP contribution in [-0.4, -0.2) is 25.4 Å². The van der Waals surface area contributed by atoms with Crippen molar-refractivity contribution in [2.75, 3.05) is 10.0 Å². The number of benzene rings is 2. The second kappa shape index (κ2) is 9.41. The van der Waals surface area contributed by atoms with Crippen LogP contribution in [0.5, 0.6) is 5.75 Å². The summed E-state index contributed by atoms with van der Waals surface area (Å²) in [7, 11) is -3.77. The van der Waals surface area contributed by atoms with Gasteiger partial charge in [0.15, 0.2) is 6.10 Å². The molecule has 0 spiro atoms. The summed E-state index contributed by atoms with van der Waals surface area (Å²) in [6, 6.07) is 18.4. The molecule has 0 bridgehead atoms. The molecule has 156 valence electrons. The Labute approximate surface area is 176 Å². The van der Waals surface area contributed by atoms with E-state index in [2.05, 4.69) is 21.9 Å². The normalized spacial score (nSPS) is 12.1. The van der Waals surface area contributed by atoms with E-state index in [9.17, 15) is 13.2 Å². The van der Waals surface area contributed by atoms with Crippen LogP contribution in [-0.2, 0) is 21.2 Å². The zero-order valence-electron chi connectivity index (χ0n) is 16.7. The van der Waals surface area contributed by atoms with E-state index in [4.69, 9.17) is 4.74 Å². The van der Waals surface area contributed by atoms with Gasteiger partial charge in [-0.05, 0) is 67.4 Å². The molecule has 1 amide bonds. The molecule has 0 saturated carbocycles. The summed E-state index contributed by atoms with van der Waals surface area (Å²) in [5, 5.41) is 2.72. The number of hydrogen-bond acceptors (Lipinski definition) is 5. The molecule has 0 aliphatic heterocycles. The Hall–Kier alpha value is -3.39. The molecule has 7 nitrogen and oxygen atoms in total. The maximum Gasteiger partial charge on any atom is 0.265 e. The highest BCUT2D eigenvalue weighted by Crippen LogP contribution is 2.18. The number of pyridine rings is 1. The van der Waals surface area contributed by atoms with Crippen molar-refractivity contribution in [1.82, 2.24) is 4.98 Å². The van der Waals surface area contributed by atoms with Gasteiger partial charge in [0.05, 0.1) is 4.90 Å². The second-order valence-electron chi connectivity index (χ2n) is 6.59. The predicted octanol–water partition coefficient (Wildman–Crippen LogP) is 3.85. The van der Waals surface area contributed by atoms with Crippen molar-refractivity contribution in [3.8, 4) is 5.75 Å². The number of carbonyl (C=O) groups excluding carboxylic acids is 1. The fraction of sp³-hybridized carbons (Fsp3) is 0.182. The molecule has 0 radical (unpaired) electrons. The molecule has 1 aromatic heterocycles. The van der Waals surface area contributed by atoms with E-state index >= 15 is 0 Å². The summed E-state index contributed by atoms with van der Waals surface area (Å²) >= 11 is 0. The van der Waals surface area contributed by atoms with Gasteiger partial charge in [0, 0.05) is 11.9 Å². The summed E-state index contributed by atoms with van der Waals surface area (Å²) in [4.78, 5) is 16.4. The SMILES string of the molecule is CCc1ccc(OC(C)C(=O)Nc2ccc(S(=O)(=O)Nc3ccccn3)cc2)cc1. The van der Waals surface area contributed by atoms with E-state index in [1.807, 2.05) is 24.3 Å². The van der Waals surface area contributed by atoms with Crippen molar-refractivity contribution in [3.63, 3.8) is 0 Å². The van der Waals surface area contributed by atoms with Gasteiger partial charge in [-0.15, -0.1) is 0 Å². The largest absolute Gasteiger partial charge is 0.481 e. The van der Waals surface area contributed by atoms with E-state index in [0.717, 1.165) is 6.42 Å². The quantitative estimate of drug-likeness (QED) is 0.571. The standard InChI is InChI=1S/C22H23N3O4S/c1-3-17-7-11-19(12-8-17)29-16(2)22(26)24-18-9-13-20(14-10-18)30(27,28)25-21-6-4-5-15-23-21/h4-16H,3H2,1-2H3,(H,23,25)(H,24,26). The Morgan fingerprint density at radius 2 is 1.73 bits per heavy atom. The number of hydrogen-bond donors (Lipinski definition) is 2. The fourth-order valence-electron chi connectivity index (χ4n) is 2.64. The molecule has 1 unspecified atom stereocenters. The monoisotopic (exact) mass is 425 g/mol. The van der Waals surface area contributed by atoms with Crippen LogP contribution in [0.2, 0.25) is 0 Å². The van der Waals surface area contributed by atoms with Crippen LogP contribution >= 0.6 is 0 Å². The first-order valence-corrected chi connectivity index (χ1v) is 11.0. The lowest BCUT2D eigenvalue weighted by Gasteiger charge is -2.15. The van der Waals surface area contributed by atoms with E-state index in [-0.39, 0.29) is 16.6 Å². The van der Waals surface area contributed by atoms with Crippen molar-refractivity contribution >= 4 is 27.4 Å². The van der Waals surface area contributed by atoms with Gasteiger partial charge in [-0.25, -0.2) is 13.4 Å². The Kier molecular flexibility index (Phi) is 6.68. The number of aromatic nitrogens is 1. The minimum Gasteiger partial charge on any atom is -0.481 e. The van der Waals surface area contributed by atoms with Gasteiger partial charge in [-0.1, -0.05) is 25.1 Å². The number of sulfonamides is 1. The van der Waals surface area contributed by atoms with Gasteiger partial charge in [0.25, 0.3) is 15.9 Å². The molecule has 1 atom stereocenters. The third kappa shape index (κ3) is 5.57. The average molecular weight is 426 g/mol. The lowest BCUT2D eigenvalue weighted by molar-refractivity contribution is -0.122. The average Bonchev–Trinajstić information content (AvgIpc) is 2.75. The third-order valence-electron chi connectivity index (χ3n) is 4.35. The van der Waals surface area contributed by atoms with E-state index < -0.39 is 16.1 Å². The molecule has 8 heteroatoms. The molecule has 0 fully saturated rings. The molecule has 2 N–H and O–H groups in total. The lowest BCUT2D eigenvalue weighted by atomic mass is 10.2. The van der Waals surface area contributed by atoms with E-state index in [0.29, 0.717) is 11.4 Å². The van der Waals surface area contributed by atoms with Crippen LogP contribution in [0.4, 0.5) is 11.5 Å². The van der Waals surface area contributed by atoms with Gasteiger partial charge in [-0.3, -0.25) is 9.52 Å².